The molecule has 0 aliphatic rings. The highest BCUT2D eigenvalue weighted by Gasteiger charge is 2.17. The molecule has 1 N–H and O–H groups in total. The highest BCUT2D eigenvalue weighted by Crippen LogP contribution is 2.20. The van der Waals surface area contributed by atoms with Crippen LogP contribution in [0.2, 0.25) is 5.02 Å². The Morgan fingerprint density at radius 1 is 1.50 bits per heavy atom. The van der Waals surface area contributed by atoms with E-state index in [0.717, 1.165) is 6.07 Å². The lowest BCUT2D eigenvalue weighted by Crippen LogP contribution is -2.16. The number of carbonyl (C=O) groups excluding carboxylic acids is 1. The average molecular weight is 242 g/mol. The molecule has 1 aromatic heterocycles. The van der Waals surface area contributed by atoms with E-state index in [1.807, 2.05) is 4.98 Å². The summed E-state index contributed by atoms with van der Waals surface area (Å²) >= 11 is 10.5. The molecule has 3 nitrogen and oxygen atoms in total. The Morgan fingerprint density at radius 3 is 2.50 bits per heavy atom. The molecule has 0 aliphatic heterocycles. The van der Waals surface area contributed by atoms with Crippen molar-refractivity contribution in [2.45, 2.75) is 6.43 Å². The first-order valence-corrected chi connectivity index (χ1v) is 4.09. The van der Waals surface area contributed by atoms with Gasteiger partial charge < -0.3 is 4.98 Å². The minimum absolute atomic E-state index is 0.306. The quantitative estimate of drug-likeness (QED) is 0.809. The minimum atomic E-state index is -2.95. The van der Waals surface area contributed by atoms with Crippen LogP contribution in [0, 0.1) is 0 Å². The largest absolute Gasteiger partial charge is 0.317 e. The smallest absolute Gasteiger partial charge is 0.270 e. The third kappa shape index (κ3) is 2.10. The summed E-state index contributed by atoms with van der Waals surface area (Å²) in [6.45, 7) is 0. The zero-order chi connectivity index (χ0) is 10.9. The number of hydrogen-bond acceptors (Lipinski definition) is 2. The zero-order valence-corrected chi connectivity index (χ0v) is 7.99. The summed E-state index contributed by atoms with van der Waals surface area (Å²) in [5.41, 5.74) is -2.26. The predicted octanol–water partition coefficient (Wildman–Crippen LogP) is 2.34. The van der Waals surface area contributed by atoms with E-state index in [2.05, 4.69) is 0 Å². The van der Waals surface area contributed by atoms with Crippen LogP contribution < -0.4 is 5.56 Å². The van der Waals surface area contributed by atoms with Crippen LogP contribution in [0.4, 0.5) is 8.78 Å². The Balaban J connectivity index is 3.39. The second-order valence-electron chi connectivity index (χ2n) is 2.35. The SMILES string of the molecule is O=C(Cl)c1[nH]c(=O)c(C(F)F)cc1Cl. The van der Waals surface area contributed by atoms with Gasteiger partial charge in [0.15, 0.2) is 0 Å². The van der Waals surface area contributed by atoms with Crippen molar-refractivity contribution in [3.05, 3.63) is 32.7 Å². The van der Waals surface area contributed by atoms with Crippen LogP contribution in [-0.4, -0.2) is 10.2 Å². The van der Waals surface area contributed by atoms with E-state index < -0.39 is 22.8 Å². The highest BCUT2D eigenvalue weighted by atomic mass is 35.5. The number of aromatic nitrogens is 1. The van der Waals surface area contributed by atoms with Crippen molar-refractivity contribution in [1.82, 2.24) is 4.98 Å². The number of aromatic amines is 1. The molecule has 0 unspecified atom stereocenters. The fourth-order valence-electron chi connectivity index (χ4n) is 0.825. The van der Waals surface area contributed by atoms with Crippen LogP contribution in [0.15, 0.2) is 10.9 Å². The van der Waals surface area contributed by atoms with Crippen LogP contribution in [0.1, 0.15) is 22.5 Å². The third-order valence-corrected chi connectivity index (χ3v) is 1.94. The maximum Gasteiger partial charge on any atom is 0.270 e. The summed E-state index contributed by atoms with van der Waals surface area (Å²) in [5, 5.41) is -1.31. The van der Waals surface area contributed by atoms with Crippen molar-refractivity contribution < 1.29 is 13.6 Å². The molecule has 0 atom stereocenters. The number of rotatable bonds is 2. The Labute approximate surface area is 86.6 Å². The molecule has 0 aliphatic carbocycles. The van der Waals surface area contributed by atoms with E-state index >= 15 is 0 Å². The van der Waals surface area contributed by atoms with Gasteiger partial charge in [-0.3, -0.25) is 9.59 Å². The maximum absolute atomic E-state index is 12.1. The molecule has 0 aromatic carbocycles. The Morgan fingerprint density at radius 2 is 2.07 bits per heavy atom. The van der Waals surface area contributed by atoms with Gasteiger partial charge in [-0.05, 0) is 17.7 Å². The maximum atomic E-state index is 12.1. The summed E-state index contributed by atoms with van der Waals surface area (Å²) in [7, 11) is 0. The van der Waals surface area contributed by atoms with Gasteiger partial charge in [-0.15, -0.1) is 0 Å². The second-order valence-corrected chi connectivity index (χ2v) is 3.10. The van der Waals surface area contributed by atoms with Crippen molar-refractivity contribution in [3.8, 4) is 0 Å². The van der Waals surface area contributed by atoms with Crippen molar-refractivity contribution in [1.29, 1.82) is 0 Å². The summed E-state index contributed by atoms with van der Waals surface area (Å²) in [6.07, 6.45) is -2.95. The van der Waals surface area contributed by atoms with Crippen molar-refractivity contribution in [2.75, 3.05) is 0 Å². The van der Waals surface area contributed by atoms with Gasteiger partial charge in [0, 0.05) is 0 Å². The highest BCUT2D eigenvalue weighted by molar-refractivity contribution is 6.68. The number of alkyl halides is 2. The van der Waals surface area contributed by atoms with E-state index in [4.69, 9.17) is 23.2 Å². The lowest BCUT2D eigenvalue weighted by molar-refractivity contribution is 0.107. The Hall–Kier alpha value is -0.940. The molecule has 0 spiro atoms. The number of carbonyl (C=O) groups is 1. The number of hydrogen-bond donors (Lipinski definition) is 1. The first-order chi connectivity index (χ1) is 6.43. The van der Waals surface area contributed by atoms with Gasteiger partial charge in [-0.2, -0.15) is 0 Å². The zero-order valence-electron chi connectivity index (χ0n) is 6.48. The normalized spacial score (nSPS) is 10.6. The van der Waals surface area contributed by atoms with E-state index in [1.54, 1.807) is 0 Å². The van der Waals surface area contributed by atoms with Crippen molar-refractivity contribution >= 4 is 28.4 Å². The van der Waals surface area contributed by atoms with E-state index in [0.29, 0.717) is 0 Å². The Kier molecular flexibility index (Phi) is 3.23. The fraction of sp³-hybridized carbons (Fsp3) is 0.143. The van der Waals surface area contributed by atoms with Gasteiger partial charge in [0.05, 0.1) is 10.6 Å². The second kappa shape index (κ2) is 4.06. The summed E-state index contributed by atoms with van der Waals surface area (Å²) in [4.78, 5) is 23.4. The molecule has 1 rings (SSSR count). The van der Waals surface area contributed by atoms with Crippen LogP contribution in [-0.2, 0) is 0 Å². The topological polar surface area (TPSA) is 49.9 Å². The molecule has 0 radical (unpaired) electrons. The molecule has 0 amide bonds. The molecule has 0 saturated heterocycles. The number of nitrogens with one attached hydrogen (secondary N) is 1. The van der Waals surface area contributed by atoms with E-state index in [-0.39, 0.29) is 10.7 Å². The van der Waals surface area contributed by atoms with Gasteiger partial charge in [0.2, 0.25) is 0 Å². The third-order valence-electron chi connectivity index (χ3n) is 1.45. The van der Waals surface area contributed by atoms with Crippen molar-refractivity contribution in [2.24, 2.45) is 0 Å². The van der Waals surface area contributed by atoms with Crippen LogP contribution in [0.25, 0.3) is 0 Å². The molecular weight excluding hydrogens is 239 g/mol. The number of H-pyrrole nitrogens is 1. The molecule has 1 aromatic rings. The van der Waals surface area contributed by atoms with Crippen LogP contribution >= 0.6 is 23.2 Å². The van der Waals surface area contributed by atoms with Crippen molar-refractivity contribution in [3.63, 3.8) is 0 Å². The average Bonchev–Trinajstić information content (AvgIpc) is 2.07. The number of pyridine rings is 1. The lowest BCUT2D eigenvalue weighted by Gasteiger charge is -2.01. The molecule has 0 saturated carbocycles. The predicted molar refractivity (Wildman–Crippen MR) is 47.2 cm³/mol. The fourth-order valence-corrected chi connectivity index (χ4v) is 1.27. The first kappa shape index (κ1) is 11.1. The van der Waals surface area contributed by atoms with Gasteiger partial charge >= 0.3 is 0 Å². The van der Waals surface area contributed by atoms with Gasteiger partial charge in [-0.1, -0.05) is 11.6 Å². The van der Waals surface area contributed by atoms with Crippen LogP contribution in [0.3, 0.4) is 0 Å². The molecule has 7 heteroatoms. The molecule has 0 fully saturated rings. The molecule has 76 valence electrons. The van der Waals surface area contributed by atoms with Gasteiger partial charge in [-0.25, -0.2) is 8.78 Å². The first-order valence-electron chi connectivity index (χ1n) is 3.34. The van der Waals surface area contributed by atoms with Gasteiger partial charge in [0.1, 0.15) is 5.69 Å². The monoisotopic (exact) mass is 241 g/mol. The lowest BCUT2D eigenvalue weighted by atomic mass is 10.2. The molecule has 0 bridgehead atoms. The summed E-state index contributed by atoms with van der Waals surface area (Å²) < 4.78 is 24.3. The number of halogens is 4. The summed E-state index contributed by atoms with van der Waals surface area (Å²) in [5.74, 6) is 0. The molecule has 1 heterocycles. The summed E-state index contributed by atoms with van der Waals surface area (Å²) in [6, 6.07) is 0.723. The van der Waals surface area contributed by atoms with E-state index in [1.165, 1.54) is 0 Å². The minimum Gasteiger partial charge on any atom is -0.317 e. The Bertz CT molecular complexity index is 430. The van der Waals surface area contributed by atoms with E-state index in [9.17, 15) is 18.4 Å². The molecular formula is C7H3Cl2F2NO2. The molecule has 14 heavy (non-hydrogen) atoms. The van der Waals surface area contributed by atoms with Gasteiger partial charge in [0.25, 0.3) is 17.2 Å². The van der Waals surface area contributed by atoms with Crippen LogP contribution in [0.5, 0.6) is 0 Å². The standard InChI is InChI=1S/C7H3Cl2F2NO2/c8-3-1-2(6(10)11)7(14)12-4(3)5(9)13/h1,6H,(H,12,14).